The molecule has 1 aromatic carbocycles. The number of nitrogens with two attached hydrogens (primary N) is 1. The van der Waals surface area contributed by atoms with Crippen LogP contribution in [0, 0.1) is 5.92 Å². The average Bonchev–Trinajstić information content (AvgIpc) is 2.57. The van der Waals surface area contributed by atoms with Gasteiger partial charge in [0.15, 0.2) is 0 Å². The summed E-state index contributed by atoms with van der Waals surface area (Å²) in [5.41, 5.74) is 7.15. The third kappa shape index (κ3) is 6.80. The SMILES string of the molecule is CCC(C)C(=O)Nc1cccc(CNC(=O)CC(CN)OC)c1. The van der Waals surface area contributed by atoms with Crippen molar-refractivity contribution in [2.45, 2.75) is 39.3 Å². The molecule has 1 aromatic rings. The fourth-order valence-corrected chi connectivity index (χ4v) is 1.95. The molecule has 6 heteroatoms. The molecule has 6 nitrogen and oxygen atoms in total. The Labute approximate surface area is 137 Å². The van der Waals surface area contributed by atoms with E-state index in [2.05, 4.69) is 10.6 Å². The molecule has 0 radical (unpaired) electrons. The van der Waals surface area contributed by atoms with E-state index in [9.17, 15) is 9.59 Å². The van der Waals surface area contributed by atoms with Crippen LogP contribution in [0.2, 0.25) is 0 Å². The molecule has 128 valence electrons. The van der Waals surface area contributed by atoms with E-state index in [4.69, 9.17) is 10.5 Å². The molecule has 0 aliphatic heterocycles. The van der Waals surface area contributed by atoms with Gasteiger partial charge in [0.25, 0.3) is 0 Å². The summed E-state index contributed by atoms with van der Waals surface area (Å²) in [6.45, 7) is 4.57. The fourth-order valence-electron chi connectivity index (χ4n) is 1.95. The minimum absolute atomic E-state index is 0.000400. The highest BCUT2D eigenvalue weighted by atomic mass is 16.5. The van der Waals surface area contributed by atoms with Crippen LogP contribution >= 0.6 is 0 Å². The molecule has 0 aliphatic carbocycles. The van der Waals surface area contributed by atoms with Crippen molar-refractivity contribution in [2.24, 2.45) is 11.7 Å². The van der Waals surface area contributed by atoms with Gasteiger partial charge in [0.2, 0.25) is 11.8 Å². The summed E-state index contributed by atoms with van der Waals surface area (Å²) in [5, 5.41) is 5.71. The predicted molar refractivity (Wildman–Crippen MR) is 90.8 cm³/mol. The lowest BCUT2D eigenvalue weighted by Crippen LogP contribution is -2.31. The largest absolute Gasteiger partial charge is 0.380 e. The van der Waals surface area contributed by atoms with Crippen LogP contribution in [-0.2, 0) is 20.9 Å². The summed E-state index contributed by atoms with van der Waals surface area (Å²) >= 11 is 0. The van der Waals surface area contributed by atoms with Crippen LogP contribution in [0.15, 0.2) is 24.3 Å². The fraction of sp³-hybridized carbons (Fsp3) is 0.529. The molecule has 0 spiro atoms. The molecule has 2 unspecified atom stereocenters. The van der Waals surface area contributed by atoms with Gasteiger partial charge in [-0.05, 0) is 24.1 Å². The van der Waals surface area contributed by atoms with E-state index in [1.54, 1.807) is 0 Å². The van der Waals surface area contributed by atoms with Crippen LogP contribution < -0.4 is 16.4 Å². The first-order valence-electron chi connectivity index (χ1n) is 7.89. The summed E-state index contributed by atoms with van der Waals surface area (Å²) in [7, 11) is 1.54. The Bertz CT molecular complexity index is 516. The predicted octanol–water partition coefficient (Wildman–Crippen LogP) is 1.65. The van der Waals surface area contributed by atoms with Crippen LogP contribution in [-0.4, -0.2) is 31.6 Å². The Hall–Kier alpha value is -1.92. The van der Waals surface area contributed by atoms with Crippen LogP contribution in [0.3, 0.4) is 0 Å². The second kappa shape index (κ2) is 9.97. The van der Waals surface area contributed by atoms with Crippen LogP contribution in [0.4, 0.5) is 5.69 Å². The van der Waals surface area contributed by atoms with Crippen molar-refractivity contribution in [2.75, 3.05) is 19.0 Å². The number of ether oxygens (including phenoxy) is 1. The van der Waals surface area contributed by atoms with Gasteiger partial charge in [-0.2, -0.15) is 0 Å². The monoisotopic (exact) mass is 321 g/mol. The molecule has 0 saturated carbocycles. The second-order valence-corrected chi connectivity index (χ2v) is 5.57. The Balaban J connectivity index is 2.54. The maximum absolute atomic E-state index is 11.9. The number of carbonyl (C=O) groups excluding carboxylic acids is 2. The zero-order chi connectivity index (χ0) is 17.2. The van der Waals surface area contributed by atoms with Gasteiger partial charge in [-0.1, -0.05) is 26.0 Å². The number of anilines is 1. The number of nitrogens with one attached hydrogen (secondary N) is 2. The lowest BCUT2D eigenvalue weighted by molar-refractivity contribution is -0.123. The number of methoxy groups -OCH3 is 1. The highest BCUT2D eigenvalue weighted by Crippen LogP contribution is 2.13. The lowest BCUT2D eigenvalue weighted by Gasteiger charge is -2.13. The zero-order valence-electron chi connectivity index (χ0n) is 14.1. The van der Waals surface area contributed by atoms with E-state index in [-0.39, 0.29) is 30.3 Å². The van der Waals surface area contributed by atoms with E-state index >= 15 is 0 Å². The van der Waals surface area contributed by atoms with Crippen molar-refractivity contribution in [3.8, 4) is 0 Å². The Kier molecular flexibility index (Phi) is 8.29. The summed E-state index contributed by atoms with van der Waals surface area (Å²) < 4.78 is 5.08. The molecule has 0 bridgehead atoms. The van der Waals surface area contributed by atoms with Crippen molar-refractivity contribution in [3.63, 3.8) is 0 Å². The summed E-state index contributed by atoms with van der Waals surface area (Å²) in [6.07, 6.45) is 0.761. The first-order valence-corrected chi connectivity index (χ1v) is 7.89. The Morgan fingerprint density at radius 1 is 1.35 bits per heavy atom. The number of benzene rings is 1. The van der Waals surface area contributed by atoms with Crippen LogP contribution in [0.25, 0.3) is 0 Å². The third-order valence-corrected chi connectivity index (χ3v) is 3.75. The van der Waals surface area contributed by atoms with E-state index in [0.717, 1.165) is 17.7 Å². The van der Waals surface area contributed by atoms with Gasteiger partial charge in [0.1, 0.15) is 0 Å². The van der Waals surface area contributed by atoms with Crippen molar-refractivity contribution in [1.29, 1.82) is 0 Å². The molecule has 23 heavy (non-hydrogen) atoms. The van der Waals surface area contributed by atoms with Crippen molar-refractivity contribution >= 4 is 17.5 Å². The Morgan fingerprint density at radius 3 is 2.70 bits per heavy atom. The molecular formula is C17H27N3O3. The number of amides is 2. The van der Waals surface area contributed by atoms with Crippen molar-refractivity contribution in [3.05, 3.63) is 29.8 Å². The zero-order valence-corrected chi connectivity index (χ0v) is 14.1. The first-order chi connectivity index (χ1) is 11.0. The van der Waals surface area contributed by atoms with Gasteiger partial charge in [-0.15, -0.1) is 0 Å². The summed E-state index contributed by atoms with van der Waals surface area (Å²) in [4.78, 5) is 23.7. The highest BCUT2D eigenvalue weighted by Gasteiger charge is 2.12. The van der Waals surface area contributed by atoms with Crippen LogP contribution in [0.1, 0.15) is 32.3 Å². The molecule has 0 aromatic heterocycles. The number of hydrogen-bond donors (Lipinski definition) is 3. The molecular weight excluding hydrogens is 294 g/mol. The van der Waals surface area contributed by atoms with E-state index in [1.807, 2.05) is 38.1 Å². The molecule has 0 saturated heterocycles. The summed E-state index contributed by atoms with van der Waals surface area (Å²) in [5.74, 6) is -0.142. The molecule has 0 fully saturated rings. The normalized spacial score (nSPS) is 13.2. The first kappa shape index (κ1) is 19.1. The lowest BCUT2D eigenvalue weighted by atomic mass is 10.1. The van der Waals surface area contributed by atoms with Crippen molar-refractivity contribution in [1.82, 2.24) is 5.32 Å². The molecule has 2 amide bonds. The molecule has 0 heterocycles. The van der Waals surface area contributed by atoms with E-state index in [0.29, 0.717) is 13.1 Å². The topological polar surface area (TPSA) is 93.5 Å². The minimum atomic E-state index is -0.267. The van der Waals surface area contributed by atoms with Gasteiger partial charge >= 0.3 is 0 Å². The molecule has 1 rings (SSSR count). The van der Waals surface area contributed by atoms with Gasteiger partial charge < -0.3 is 21.1 Å². The van der Waals surface area contributed by atoms with E-state index in [1.165, 1.54) is 7.11 Å². The average molecular weight is 321 g/mol. The van der Waals surface area contributed by atoms with Crippen LogP contribution in [0.5, 0.6) is 0 Å². The maximum atomic E-state index is 11.9. The highest BCUT2D eigenvalue weighted by molar-refractivity contribution is 5.92. The minimum Gasteiger partial charge on any atom is -0.380 e. The third-order valence-electron chi connectivity index (χ3n) is 3.75. The van der Waals surface area contributed by atoms with Gasteiger partial charge in [0, 0.05) is 31.8 Å². The maximum Gasteiger partial charge on any atom is 0.227 e. The molecule has 4 N–H and O–H groups in total. The number of rotatable bonds is 9. The van der Waals surface area contributed by atoms with Crippen molar-refractivity contribution < 1.29 is 14.3 Å². The number of carbonyl (C=O) groups is 2. The molecule has 2 atom stereocenters. The smallest absolute Gasteiger partial charge is 0.227 e. The van der Waals surface area contributed by atoms with E-state index < -0.39 is 0 Å². The second-order valence-electron chi connectivity index (χ2n) is 5.57. The van der Waals surface area contributed by atoms with Gasteiger partial charge in [-0.25, -0.2) is 0 Å². The quantitative estimate of drug-likeness (QED) is 0.645. The Morgan fingerprint density at radius 2 is 2.09 bits per heavy atom. The van der Waals surface area contributed by atoms with Gasteiger partial charge in [0.05, 0.1) is 12.5 Å². The standard InChI is InChI=1S/C17H27N3O3/c1-4-12(2)17(22)20-14-7-5-6-13(8-14)11-19-16(21)9-15(10-18)23-3/h5-8,12,15H,4,9-11,18H2,1-3H3,(H,19,21)(H,20,22). The van der Waals surface area contributed by atoms with Gasteiger partial charge in [-0.3, -0.25) is 9.59 Å². The molecule has 0 aliphatic rings. The number of hydrogen-bond acceptors (Lipinski definition) is 4. The summed E-state index contributed by atoms with van der Waals surface area (Å²) in [6, 6.07) is 7.44.